The number of alkyl halides is 2. The lowest BCUT2D eigenvalue weighted by Gasteiger charge is -2.22. The topological polar surface area (TPSA) is 88.1 Å². The van der Waals surface area contributed by atoms with E-state index in [0.717, 1.165) is 22.4 Å². The van der Waals surface area contributed by atoms with Crippen LogP contribution in [0.5, 0.6) is 0 Å². The molecule has 39 heavy (non-hydrogen) atoms. The maximum absolute atomic E-state index is 13.1. The number of rotatable bonds is 9. The van der Waals surface area contributed by atoms with E-state index in [2.05, 4.69) is 22.5 Å². The highest BCUT2D eigenvalue weighted by atomic mass is 32.1. The van der Waals surface area contributed by atoms with Crippen LogP contribution in [0, 0.1) is 0 Å². The van der Waals surface area contributed by atoms with Crippen molar-refractivity contribution in [2.45, 2.75) is 51.1 Å². The predicted molar refractivity (Wildman–Crippen MR) is 151 cm³/mol. The van der Waals surface area contributed by atoms with Crippen LogP contribution in [-0.4, -0.2) is 27.4 Å². The first-order chi connectivity index (χ1) is 18.9. The van der Waals surface area contributed by atoms with E-state index in [1.54, 1.807) is 22.8 Å². The summed E-state index contributed by atoms with van der Waals surface area (Å²) >= 11 is 0.747. The van der Waals surface area contributed by atoms with Crippen LogP contribution in [0.15, 0.2) is 67.3 Å². The van der Waals surface area contributed by atoms with E-state index in [0.29, 0.717) is 29.5 Å². The Kier molecular flexibility index (Phi) is 8.13. The molecule has 2 heterocycles. The summed E-state index contributed by atoms with van der Waals surface area (Å²) < 4.78 is 28.0. The van der Waals surface area contributed by atoms with E-state index in [1.807, 2.05) is 24.3 Å². The molecule has 0 radical (unpaired) electrons. The number of carbonyl (C=O) groups excluding carboxylic acids is 2. The Morgan fingerprint density at radius 3 is 2.64 bits per heavy atom. The lowest BCUT2D eigenvalue weighted by atomic mass is 9.95. The molecule has 1 aliphatic carbocycles. The first-order valence-electron chi connectivity index (χ1n) is 12.9. The standard InChI is InChI=1S/C29H29F2N5O2S/c1-2-26(37)33-20-9-6-10-21(16-20)36-23-12-11-18(17-32-19-7-4-3-5-8-19)15-22(23)34-29(36)35-28(38)25-14-13-24(39-25)27(30)31/h2,6,9-16,19,27,32H,1,3-5,7-8,17H2,(H,33,37)(H,34,35,38). The number of fused-ring (bicyclic) bond motifs is 1. The molecule has 3 N–H and O–H groups in total. The second-order valence-corrected chi connectivity index (χ2v) is 10.6. The fourth-order valence-electron chi connectivity index (χ4n) is 4.82. The van der Waals surface area contributed by atoms with Gasteiger partial charge in [-0.1, -0.05) is 38.0 Å². The monoisotopic (exact) mass is 549 g/mol. The molecule has 4 aromatic rings. The molecule has 2 amide bonds. The zero-order chi connectivity index (χ0) is 27.4. The number of benzene rings is 2. The van der Waals surface area contributed by atoms with Gasteiger partial charge in [-0.2, -0.15) is 0 Å². The Labute approximate surface area is 228 Å². The minimum atomic E-state index is -2.64. The Hall–Kier alpha value is -3.89. The van der Waals surface area contributed by atoms with Crippen molar-refractivity contribution in [3.8, 4) is 5.69 Å². The SMILES string of the molecule is C=CC(=O)Nc1cccc(-n2c(NC(=O)c3ccc(C(F)F)s3)nc3cc(CNC4CCCCC4)ccc32)c1. The third-order valence-electron chi connectivity index (χ3n) is 6.77. The first kappa shape index (κ1) is 26.7. The zero-order valence-electron chi connectivity index (χ0n) is 21.3. The number of thiophene rings is 1. The third kappa shape index (κ3) is 6.23. The predicted octanol–water partition coefficient (Wildman–Crippen LogP) is 6.82. The van der Waals surface area contributed by atoms with Crippen LogP contribution in [0.3, 0.4) is 0 Å². The molecule has 0 unspecified atom stereocenters. The number of hydrogen-bond donors (Lipinski definition) is 3. The second kappa shape index (κ2) is 11.9. The average Bonchev–Trinajstić information content (AvgIpc) is 3.58. The van der Waals surface area contributed by atoms with Crippen molar-refractivity contribution in [3.63, 3.8) is 0 Å². The number of anilines is 2. The quantitative estimate of drug-likeness (QED) is 0.200. The van der Waals surface area contributed by atoms with Crippen molar-refractivity contribution >= 4 is 45.8 Å². The van der Waals surface area contributed by atoms with Crippen LogP contribution < -0.4 is 16.0 Å². The highest BCUT2D eigenvalue weighted by Crippen LogP contribution is 2.30. The van der Waals surface area contributed by atoms with Crippen molar-refractivity contribution in [1.82, 2.24) is 14.9 Å². The molecule has 0 saturated heterocycles. The summed E-state index contributed by atoms with van der Waals surface area (Å²) in [6.07, 6.45) is 4.70. The maximum Gasteiger partial charge on any atom is 0.272 e. The molecule has 2 aromatic heterocycles. The summed E-state index contributed by atoms with van der Waals surface area (Å²) in [6, 6.07) is 16.2. The fraction of sp³-hybridized carbons (Fsp3) is 0.276. The number of imidazole rings is 1. The number of aromatic nitrogens is 2. The van der Waals surface area contributed by atoms with Crippen molar-refractivity contribution in [2.75, 3.05) is 10.6 Å². The zero-order valence-corrected chi connectivity index (χ0v) is 22.1. The molecular formula is C29H29F2N5O2S. The summed E-state index contributed by atoms with van der Waals surface area (Å²) in [6.45, 7) is 4.20. The van der Waals surface area contributed by atoms with Crippen LogP contribution in [0.25, 0.3) is 16.7 Å². The molecule has 5 rings (SSSR count). The Bertz CT molecular complexity index is 1510. The smallest absolute Gasteiger partial charge is 0.272 e. The molecule has 10 heteroatoms. The van der Waals surface area contributed by atoms with E-state index < -0.39 is 12.3 Å². The normalized spacial score (nSPS) is 14.0. The molecular weight excluding hydrogens is 520 g/mol. The van der Waals surface area contributed by atoms with Gasteiger partial charge >= 0.3 is 0 Å². The molecule has 0 atom stereocenters. The van der Waals surface area contributed by atoms with Gasteiger partial charge in [-0.3, -0.25) is 19.5 Å². The second-order valence-electron chi connectivity index (χ2n) is 9.51. The summed E-state index contributed by atoms with van der Waals surface area (Å²) in [5.74, 6) is -0.635. The lowest BCUT2D eigenvalue weighted by Crippen LogP contribution is -2.30. The van der Waals surface area contributed by atoms with Gasteiger partial charge < -0.3 is 10.6 Å². The summed E-state index contributed by atoms with van der Waals surface area (Å²) in [5, 5.41) is 9.18. The molecule has 1 aliphatic rings. The largest absolute Gasteiger partial charge is 0.322 e. The van der Waals surface area contributed by atoms with Gasteiger partial charge in [0.05, 0.1) is 26.5 Å². The van der Waals surface area contributed by atoms with Crippen LogP contribution >= 0.6 is 11.3 Å². The maximum atomic E-state index is 13.1. The number of nitrogens with zero attached hydrogens (tertiary/aromatic N) is 2. The van der Waals surface area contributed by atoms with Gasteiger partial charge in [0.2, 0.25) is 11.9 Å². The molecule has 0 spiro atoms. The van der Waals surface area contributed by atoms with Gasteiger partial charge in [-0.15, -0.1) is 11.3 Å². The molecule has 0 bridgehead atoms. The van der Waals surface area contributed by atoms with E-state index in [1.165, 1.54) is 50.3 Å². The van der Waals surface area contributed by atoms with Crippen LogP contribution in [0.1, 0.15) is 58.6 Å². The van der Waals surface area contributed by atoms with Crippen molar-refractivity contribution in [1.29, 1.82) is 0 Å². The lowest BCUT2D eigenvalue weighted by molar-refractivity contribution is -0.111. The molecule has 0 aliphatic heterocycles. The van der Waals surface area contributed by atoms with E-state index in [4.69, 9.17) is 4.98 Å². The molecule has 2 aromatic carbocycles. The van der Waals surface area contributed by atoms with E-state index in [-0.39, 0.29) is 21.6 Å². The Balaban J connectivity index is 1.49. The van der Waals surface area contributed by atoms with Crippen LogP contribution in [0.2, 0.25) is 0 Å². The Morgan fingerprint density at radius 1 is 1.08 bits per heavy atom. The molecule has 7 nitrogen and oxygen atoms in total. The molecule has 202 valence electrons. The number of halogens is 2. The van der Waals surface area contributed by atoms with Crippen molar-refractivity contribution < 1.29 is 18.4 Å². The minimum absolute atomic E-state index is 0.160. The number of hydrogen-bond acceptors (Lipinski definition) is 5. The third-order valence-corrected chi connectivity index (χ3v) is 7.86. The van der Waals surface area contributed by atoms with Gasteiger partial charge in [0, 0.05) is 18.3 Å². The van der Waals surface area contributed by atoms with Gasteiger partial charge in [0.1, 0.15) is 0 Å². The molecule has 1 fully saturated rings. The minimum Gasteiger partial charge on any atom is -0.322 e. The summed E-state index contributed by atoms with van der Waals surface area (Å²) in [5.41, 5.74) is 3.70. The highest BCUT2D eigenvalue weighted by Gasteiger charge is 2.20. The van der Waals surface area contributed by atoms with Crippen LogP contribution in [-0.2, 0) is 11.3 Å². The van der Waals surface area contributed by atoms with Gasteiger partial charge in [-0.25, -0.2) is 13.8 Å². The Morgan fingerprint density at radius 2 is 1.90 bits per heavy atom. The first-order valence-corrected chi connectivity index (χ1v) is 13.7. The van der Waals surface area contributed by atoms with E-state index in [9.17, 15) is 18.4 Å². The summed E-state index contributed by atoms with van der Waals surface area (Å²) in [4.78, 5) is 29.6. The number of carbonyl (C=O) groups is 2. The van der Waals surface area contributed by atoms with Crippen LogP contribution in [0.4, 0.5) is 20.4 Å². The summed E-state index contributed by atoms with van der Waals surface area (Å²) in [7, 11) is 0. The molecule has 1 saturated carbocycles. The van der Waals surface area contributed by atoms with Gasteiger partial charge in [-0.05, 0) is 66.9 Å². The average molecular weight is 550 g/mol. The van der Waals surface area contributed by atoms with Gasteiger partial charge in [0.25, 0.3) is 12.3 Å². The number of nitrogens with one attached hydrogen (secondary N) is 3. The van der Waals surface area contributed by atoms with E-state index >= 15 is 0 Å². The number of amides is 2. The fourth-order valence-corrected chi connectivity index (χ4v) is 5.58. The van der Waals surface area contributed by atoms with Gasteiger partial charge in [0.15, 0.2) is 0 Å². The van der Waals surface area contributed by atoms with Crippen molar-refractivity contribution in [2.24, 2.45) is 0 Å². The van der Waals surface area contributed by atoms with Crippen molar-refractivity contribution in [3.05, 3.63) is 82.6 Å². The highest BCUT2D eigenvalue weighted by molar-refractivity contribution is 7.14.